The lowest BCUT2D eigenvalue weighted by atomic mass is 9.96. The van der Waals surface area contributed by atoms with Gasteiger partial charge in [0.1, 0.15) is 11.9 Å². The van der Waals surface area contributed by atoms with Crippen molar-refractivity contribution in [3.05, 3.63) is 30.2 Å². The SMILES string of the molecule is COc1ccc(-c2noc(C3CCN(C(=O)C4CCCO4)CC3)n2)cc1. The number of nitrogens with zero attached hydrogens (tertiary/aromatic N) is 3. The lowest BCUT2D eigenvalue weighted by Gasteiger charge is -2.31. The minimum absolute atomic E-state index is 0.130. The Labute approximate surface area is 152 Å². The standard InChI is InChI=1S/C19H23N3O4/c1-24-15-6-4-13(5-7-15)17-20-18(26-21-17)14-8-10-22(11-9-14)19(23)16-3-2-12-25-16/h4-7,14,16H,2-3,8-12H2,1H3. The van der Waals surface area contributed by atoms with Gasteiger partial charge in [-0.05, 0) is 49.9 Å². The fourth-order valence-electron chi connectivity index (χ4n) is 3.58. The maximum absolute atomic E-state index is 12.4. The largest absolute Gasteiger partial charge is 0.497 e. The molecule has 138 valence electrons. The van der Waals surface area contributed by atoms with Crippen LogP contribution in [0.15, 0.2) is 28.8 Å². The number of rotatable bonds is 4. The van der Waals surface area contributed by atoms with Gasteiger partial charge in [0, 0.05) is 31.2 Å². The Morgan fingerprint density at radius 1 is 1.19 bits per heavy atom. The van der Waals surface area contributed by atoms with Crippen LogP contribution in [-0.2, 0) is 9.53 Å². The molecule has 4 rings (SSSR count). The number of benzene rings is 1. The predicted molar refractivity (Wildman–Crippen MR) is 93.8 cm³/mol. The van der Waals surface area contributed by atoms with E-state index < -0.39 is 0 Å². The minimum atomic E-state index is -0.239. The molecule has 2 aliphatic heterocycles. The second-order valence-corrected chi connectivity index (χ2v) is 6.79. The van der Waals surface area contributed by atoms with Crippen LogP contribution >= 0.6 is 0 Å². The average Bonchev–Trinajstić information content (AvgIpc) is 3.40. The van der Waals surface area contributed by atoms with Gasteiger partial charge in [0.25, 0.3) is 5.91 Å². The van der Waals surface area contributed by atoms with Crippen LogP contribution in [0.3, 0.4) is 0 Å². The molecule has 7 nitrogen and oxygen atoms in total. The fraction of sp³-hybridized carbons (Fsp3) is 0.526. The van der Waals surface area contributed by atoms with E-state index in [1.165, 1.54) is 0 Å². The van der Waals surface area contributed by atoms with Gasteiger partial charge >= 0.3 is 0 Å². The number of hydrogen-bond acceptors (Lipinski definition) is 6. The summed E-state index contributed by atoms with van der Waals surface area (Å²) in [5.74, 6) is 2.36. The summed E-state index contributed by atoms with van der Waals surface area (Å²) in [5, 5.41) is 4.11. The monoisotopic (exact) mass is 357 g/mol. The number of piperidine rings is 1. The number of hydrogen-bond donors (Lipinski definition) is 0. The van der Waals surface area contributed by atoms with E-state index in [0.717, 1.165) is 37.0 Å². The molecule has 0 spiro atoms. The van der Waals surface area contributed by atoms with Crippen LogP contribution in [0.25, 0.3) is 11.4 Å². The Bertz CT molecular complexity index is 744. The number of aromatic nitrogens is 2. The highest BCUT2D eigenvalue weighted by atomic mass is 16.5. The third-order valence-electron chi connectivity index (χ3n) is 5.15. The highest BCUT2D eigenvalue weighted by Crippen LogP contribution is 2.30. The van der Waals surface area contributed by atoms with Crippen LogP contribution in [0, 0.1) is 0 Å². The molecule has 1 aromatic carbocycles. The summed E-state index contributed by atoms with van der Waals surface area (Å²) in [6.07, 6.45) is 3.25. The molecule has 2 aliphatic rings. The molecule has 1 aromatic heterocycles. The van der Waals surface area contributed by atoms with E-state index in [1.807, 2.05) is 29.2 Å². The van der Waals surface area contributed by atoms with Gasteiger partial charge in [-0.1, -0.05) is 5.16 Å². The van der Waals surface area contributed by atoms with Crippen molar-refractivity contribution < 1.29 is 18.8 Å². The summed E-state index contributed by atoms with van der Waals surface area (Å²) >= 11 is 0. The van der Waals surface area contributed by atoms with Crippen LogP contribution in [0.5, 0.6) is 5.75 Å². The van der Waals surface area contributed by atoms with Crippen molar-refractivity contribution in [1.29, 1.82) is 0 Å². The molecule has 2 saturated heterocycles. The van der Waals surface area contributed by atoms with Gasteiger partial charge in [0.05, 0.1) is 7.11 Å². The number of amides is 1. The number of ether oxygens (including phenoxy) is 2. The molecule has 1 atom stereocenters. The second-order valence-electron chi connectivity index (χ2n) is 6.79. The van der Waals surface area contributed by atoms with E-state index in [4.69, 9.17) is 14.0 Å². The first-order valence-electron chi connectivity index (χ1n) is 9.13. The highest BCUT2D eigenvalue weighted by molar-refractivity contribution is 5.81. The molecule has 0 saturated carbocycles. The second kappa shape index (κ2) is 7.45. The van der Waals surface area contributed by atoms with Crippen LogP contribution in [0.1, 0.15) is 37.5 Å². The third kappa shape index (κ3) is 3.44. The van der Waals surface area contributed by atoms with E-state index in [-0.39, 0.29) is 17.9 Å². The number of carbonyl (C=O) groups is 1. The van der Waals surface area contributed by atoms with Gasteiger partial charge in [-0.25, -0.2) is 0 Å². The van der Waals surface area contributed by atoms with E-state index in [9.17, 15) is 4.79 Å². The van der Waals surface area contributed by atoms with Crippen LogP contribution in [-0.4, -0.2) is 53.9 Å². The quantitative estimate of drug-likeness (QED) is 0.837. The molecule has 3 heterocycles. The van der Waals surface area contributed by atoms with Crippen LogP contribution in [0.4, 0.5) is 0 Å². The summed E-state index contributed by atoms with van der Waals surface area (Å²) < 4.78 is 16.2. The third-order valence-corrected chi connectivity index (χ3v) is 5.15. The molecule has 26 heavy (non-hydrogen) atoms. The number of methoxy groups -OCH3 is 1. The first kappa shape index (κ1) is 17.0. The summed E-state index contributed by atoms with van der Waals surface area (Å²) in [6.45, 7) is 2.12. The molecule has 2 fully saturated rings. The van der Waals surface area contributed by atoms with Gasteiger partial charge in [-0.3, -0.25) is 4.79 Å². The minimum Gasteiger partial charge on any atom is -0.497 e. The maximum Gasteiger partial charge on any atom is 0.251 e. The average molecular weight is 357 g/mol. The fourth-order valence-corrected chi connectivity index (χ4v) is 3.58. The smallest absolute Gasteiger partial charge is 0.251 e. The van der Waals surface area contributed by atoms with Gasteiger partial charge < -0.3 is 18.9 Å². The summed E-state index contributed by atoms with van der Waals surface area (Å²) in [4.78, 5) is 18.9. The van der Waals surface area contributed by atoms with E-state index in [2.05, 4.69) is 10.1 Å². The zero-order valence-corrected chi connectivity index (χ0v) is 14.9. The maximum atomic E-state index is 12.4. The van der Waals surface area contributed by atoms with Crippen molar-refractivity contribution in [3.8, 4) is 17.1 Å². The van der Waals surface area contributed by atoms with Crippen molar-refractivity contribution in [3.63, 3.8) is 0 Å². The topological polar surface area (TPSA) is 77.7 Å². The lowest BCUT2D eigenvalue weighted by Crippen LogP contribution is -2.43. The van der Waals surface area contributed by atoms with Crippen molar-refractivity contribution in [2.24, 2.45) is 0 Å². The Balaban J connectivity index is 1.37. The van der Waals surface area contributed by atoms with Gasteiger partial charge in [0.15, 0.2) is 0 Å². The predicted octanol–water partition coefficient (Wildman–Crippen LogP) is 2.63. The molecule has 0 radical (unpaired) electrons. The first-order valence-corrected chi connectivity index (χ1v) is 9.13. The van der Waals surface area contributed by atoms with Crippen molar-refractivity contribution >= 4 is 5.91 Å². The van der Waals surface area contributed by atoms with Crippen LogP contribution in [0.2, 0.25) is 0 Å². The molecule has 2 aromatic rings. The Morgan fingerprint density at radius 3 is 2.62 bits per heavy atom. The van der Waals surface area contributed by atoms with E-state index in [1.54, 1.807) is 7.11 Å². The highest BCUT2D eigenvalue weighted by Gasteiger charge is 2.32. The van der Waals surface area contributed by atoms with Crippen LogP contribution < -0.4 is 4.74 Å². The summed E-state index contributed by atoms with van der Waals surface area (Å²) in [6, 6.07) is 7.58. The molecule has 0 N–H and O–H groups in total. The molecule has 1 unspecified atom stereocenters. The van der Waals surface area contributed by atoms with E-state index >= 15 is 0 Å². The number of likely N-dealkylation sites (tertiary alicyclic amines) is 1. The molecular formula is C19H23N3O4. The molecule has 0 bridgehead atoms. The van der Waals surface area contributed by atoms with Crippen molar-refractivity contribution in [2.45, 2.75) is 37.7 Å². The Morgan fingerprint density at radius 2 is 1.96 bits per heavy atom. The van der Waals surface area contributed by atoms with E-state index in [0.29, 0.717) is 31.4 Å². The number of carbonyl (C=O) groups excluding carboxylic acids is 1. The normalized spacial score (nSPS) is 21.1. The first-order chi connectivity index (χ1) is 12.7. The van der Waals surface area contributed by atoms with Gasteiger partial charge in [-0.2, -0.15) is 4.98 Å². The molecular weight excluding hydrogens is 334 g/mol. The zero-order valence-electron chi connectivity index (χ0n) is 14.9. The Hall–Kier alpha value is -2.41. The summed E-state index contributed by atoms with van der Waals surface area (Å²) in [7, 11) is 1.64. The van der Waals surface area contributed by atoms with Gasteiger partial charge in [-0.15, -0.1) is 0 Å². The lowest BCUT2D eigenvalue weighted by molar-refractivity contribution is -0.142. The molecule has 0 aliphatic carbocycles. The molecule has 1 amide bonds. The molecule has 7 heteroatoms. The van der Waals surface area contributed by atoms with Crippen molar-refractivity contribution in [2.75, 3.05) is 26.8 Å². The van der Waals surface area contributed by atoms with Crippen molar-refractivity contribution in [1.82, 2.24) is 15.0 Å². The summed E-state index contributed by atoms with van der Waals surface area (Å²) in [5.41, 5.74) is 0.895. The zero-order chi connectivity index (χ0) is 17.9. The van der Waals surface area contributed by atoms with Gasteiger partial charge in [0.2, 0.25) is 11.7 Å². The Kier molecular flexibility index (Phi) is 4.88.